The number of esters is 3. The zero-order valence-electron chi connectivity index (χ0n) is 27.8. The molecule has 3 aromatic rings. The number of nitrogens with zero attached hydrogens (tertiary/aromatic N) is 1. The number of benzene rings is 3. The molecule has 11 nitrogen and oxygen atoms in total. The molecule has 0 bridgehead atoms. The fourth-order valence-corrected chi connectivity index (χ4v) is 6.99. The third-order valence-electron chi connectivity index (χ3n) is 6.94. The Hall–Kier alpha value is -4.90. The molecule has 13 heteroatoms. The Labute approximate surface area is 299 Å². The second-order valence-electron chi connectivity index (χ2n) is 10.9. The summed E-state index contributed by atoms with van der Waals surface area (Å²) in [6.45, 7) is 7.58. The maximum Gasteiger partial charge on any atom is 0.350 e. The summed E-state index contributed by atoms with van der Waals surface area (Å²) in [5.74, 6) is -0.195. The molecule has 1 unspecified atom stereocenters. The Kier molecular flexibility index (Phi) is 14.2. The molecule has 1 atom stereocenters. The number of ether oxygens (including phenoxy) is 6. The van der Waals surface area contributed by atoms with Crippen molar-refractivity contribution in [1.29, 1.82) is 5.26 Å². The lowest BCUT2D eigenvalue weighted by molar-refractivity contribution is -0.142. The first kappa shape index (κ1) is 37.9. The Balaban J connectivity index is 1.45. The van der Waals surface area contributed by atoms with Gasteiger partial charge in [-0.1, -0.05) is 30.1 Å². The predicted molar refractivity (Wildman–Crippen MR) is 187 cm³/mol. The first-order valence-electron chi connectivity index (χ1n) is 15.7. The van der Waals surface area contributed by atoms with Crippen LogP contribution >= 0.6 is 23.5 Å². The van der Waals surface area contributed by atoms with E-state index in [0.29, 0.717) is 44.3 Å². The number of methoxy groups -OCH3 is 1. The van der Waals surface area contributed by atoms with Crippen molar-refractivity contribution in [2.45, 2.75) is 61.7 Å². The van der Waals surface area contributed by atoms with Crippen molar-refractivity contribution >= 4 is 41.4 Å². The lowest BCUT2D eigenvalue weighted by Crippen LogP contribution is -2.13. The van der Waals surface area contributed by atoms with E-state index >= 15 is 0 Å². The highest BCUT2D eigenvalue weighted by Gasteiger charge is 2.32. The third-order valence-corrected chi connectivity index (χ3v) is 9.57. The molecule has 0 aliphatic carbocycles. The Bertz CT molecular complexity index is 1750. The van der Waals surface area contributed by atoms with Crippen LogP contribution in [0, 0.1) is 11.3 Å². The van der Waals surface area contributed by atoms with Crippen LogP contribution in [0.4, 0.5) is 0 Å². The monoisotopic (exact) mass is 719 g/mol. The summed E-state index contributed by atoms with van der Waals surface area (Å²) in [4.78, 5) is 37.9. The van der Waals surface area contributed by atoms with Gasteiger partial charge in [0.1, 0.15) is 29.1 Å². The largest absolute Gasteiger partial charge is 0.497 e. The van der Waals surface area contributed by atoms with Gasteiger partial charge in [0.25, 0.3) is 0 Å². The summed E-state index contributed by atoms with van der Waals surface area (Å²) in [5, 5.41) is 20.7. The Morgan fingerprint density at radius 3 is 2.12 bits per heavy atom. The highest BCUT2D eigenvalue weighted by molar-refractivity contribution is 8.24. The average Bonchev–Trinajstić information content (AvgIpc) is 3.56. The maximum absolute atomic E-state index is 13.2. The molecule has 1 aliphatic rings. The molecule has 0 amide bonds. The fraction of sp³-hybridized carbons (Fsp3) is 0.297. The van der Waals surface area contributed by atoms with E-state index < -0.39 is 30.3 Å². The van der Waals surface area contributed by atoms with Crippen molar-refractivity contribution in [2.24, 2.45) is 0 Å². The van der Waals surface area contributed by atoms with Crippen molar-refractivity contribution < 1.29 is 47.9 Å². The van der Waals surface area contributed by atoms with Crippen molar-refractivity contribution in [3.8, 4) is 29.1 Å². The number of fused-ring (bicyclic) bond motifs is 1. The molecule has 1 aliphatic heterocycles. The van der Waals surface area contributed by atoms with Gasteiger partial charge in [-0.3, -0.25) is 0 Å². The zero-order chi connectivity index (χ0) is 36.0. The lowest BCUT2D eigenvalue weighted by Gasteiger charge is -2.17. The van der Waals surface area contributed by atoms with Gasteiger partial charge in [-0.2, -0.15) is 5.26 Å². The van der Waals surface area contributed by atoms with E-state index in [9.17, 15) is 24.8 Å². The molecule has 0 spiro atoms. The number of aliphatic hydroxyl groups is 1. The van der Waals surface area contributed by atoms with E-state index in [1.54, 1.807) is 68.4 Å². The number of aliphatic hydroxyl groups excluding tert-OH is 1. The number of hydrogen-bond donors (Lipinski definition) is 1. The predicted octanol–water partition coefficient (Wildman–Crippen LogP) is 7.54. The second-order valence-corrected chi connectivity index (χ2v) is 13.2. The highest BCUT2D eigenvalue weighted by Crippen LogP contribution is 2.59. The van der Waals surface area contributed by atoms with Gasteiger partial charge in [0, 0.05) is 11.6 Å². The van der Waals surface area contributed by atoms with Gasteiger partial charge in [0.05, 0.1) is 46.0 Å². The molecule has 50 heavy (non-hydrogen) atoms. The molecule has 0 saturated heterocycles. The van der Waals surface area contributed by atoms with E-state index in [-0.39, 0.29) is 22.6 Å². The summed E-state index contributed by atoms with van der Waals surface area (Å²) in [6, 6.07) is 18.3. The maximum atomic E-state index is 13.2. The van der Waals surface area contributed by atoms with E-state index in [4.69, 9.17) is 28.4 Å². The number of thioether (sulfide) groups is 2. The van der Waals surface area contributed by atoms with Gasteiger partial charge in [-0.25, -0.2) is 14.4 Å². The minimum absolute atomic E-state index is 0.179. The van der Waals surface area contributed by atoms with Crippen LogP contribution in [-0.2, 0) is 19.1 Å². The van der Waals surface area contributed by atoms with Crippen LogP contribution in [0.25, 0.3) is 0 Å². The van der Waals surface area contributed by atoms with E-state index in [1.165, 1.54) is 13.2 Å². The SMILES string of the molecule is C=CC(=O)OCCCCCCOc1ccc(C(=O)Oc2ccc(OC(O)c3ccc(OC)cc3)c3c2S/C(=C(/C#N)C(=O)OC(C)C)S3)cc1. The van der Waals surface area contributed by atoms with E-state index in [1.807, 2.05) is 6.07 Å². The molecule has 262 valence electrons. The topological polar surface area (TPSA) is 151 Å². The third kappa shape index (κ3) is 10.5. The molecule has 0 fully saturated rings. The van der Waals surface area contributed by atoms with E-state index in [2.05, 4.69) is 6.58 Å². The zero-order valence-corrected chi connectivity index (χ0v) is 29.5. The average molecular weight is 720 g/mol. The smallest absolute Gasteiger partial charge is 0.350 e. The molecule has 1 heterocycles. The van der Waals surface area contributed by atoms with Crippen LogP contribution in [-0.4, -0.2) is 49.4 Å². The van der Waals surface area contributed by atoms with Crippen molar-refractivity contribution in [2.75, 3.05) is 20.3 Å². The van der Waals surface area contributed by atoms with Gasteiger partial charge in [-0.15, -0.1) is 0 Å². The van der Waals surface area contributed by atoms with Crippen molar-refractivity contribution in [3.05, 3.63) is 94.3 Å². The molecule has 4 rings (SSSR count). The van der Waals surface area contributed by atoms with Crippen molar-refractivity contribution in [1.82, 2.24) is 0 Å². The number of nitriles is 1. The van der Waals surface area contributed by atoms with Crippen molar-refractivity contribution in [3.63, 3.8) is 0 Å². The van der Waals surface area contributed by atoms with Crippen LogP contribution in [0.2, 0.25) is 0 Å². The van der Waals surface area contributed by atoms with Crippen LogP contribution in [0.15, 0.2) is 92.9 Å². The van der Waals surface area contributed by atoms with Gasteiger partial charge < -0.3 is 33.5 Å². The lowest BCUT2D eigenvalue weighted by atomic mass is 10.2. The minimum atomic E-state index is -1.35. The Morgan fingerprint density at radius 1 is 0.880 bits per heavy atom. The van der Waals surface area contributed by atoms with Crippen LogP contribution in [0.1, 0.15) is 61.7 Å². The summed E-state index contributed by atoms with van der Waals surface area (Å²) in [7, 11) is 1.54. The van der Waals surface area contributed by atoms with Crippen LogP contribution in [0.3, 0.4) is 0 Å². The highest BCUT2D eigenvalue weighted by atomic mass is 32.2. The molecular formula is C37H37NO10S2. The van der Waals surface area contributed by atoms with Gasteiger partial charge >= 0.3 is 17.9 Å². The number of carbonyl (C=O) groups excluding carboxylic acids is 3. The molecule has 3 aromatic carbocycles. The molecule has 0 aromatic heterocycles. The molecular weight excluding hydrogens is 683 g/mol. The number of hydrogen-bond acceptors (Lipinski definition) is 13. The first-order valence-corrected chi connectivity index (χ1v) is 17.4. The minimum Gasteiger partial charge on any atom is -0.497 e. The second kappa shape index (κ2) is 18.7. The van der Waals surface area contributed by atoms with Crippen LogP contribution < -0.4 is 18.9 Å². The Morgan fingerprint density at radius 2 is 1.50 bits per heavy atom. The van der Waals surface area contributed by atoms with E-state index in [0.717, 1.165) is 55.3 Å². The number of rotatable bonds is 17. The summed E-state index contributed by atoms with van der Waals surface area (Å²) < 4.78 is 33.2. The first-order chi connectivity index (χ1) is 24.1. The number of unbranched alkanes of at least 4 members (excludes halogenated alkanes) is 3. The van der Waals surface area contributed by atoms with Gasteiger partial charge in [-0.05, 0) is 100 Å². The summed E-state index contributed by atoms with van der Waals surface area (Å²) >= 11 is 2.15. The standard InChI is InChI=1S/C37H37NO10S2/c1-5-31(39)45-21-9-7-6-8-20-44-27-16-12-25(13-17-27)35(41)48-30-19-18-29(47-34(40)24-10-14-26(43-4)15-11-24)32-33(30)50-37(49-32)28(22-38)36(42)46-23(2)3/h5,10-19,23,34,40H,1,6-9,20-21H2,2-4H3/b37-28-. The fourth-order valence-electron chi connectivity index (χ4n) is 4.43. The number of carbonyl (C=O) groups is 3. The summed E-state index contributed by atoms with van der Waals surface area (Å²) in [5.41, 5.74) is 0.546. The van der Waals surface area contributed by atoms with Gasteiger partial charge in [0.15, 0.2) is 5.57 Å². The van der Waals surface area contributed by atoms with Crippen LogP contribution in [0.5, 0.6) is 23.0 Å². The molecule has 0 saturated carbocycles. The quantitative estimate of drug-likeness (QED) is 0.0366. The van der Waals surface area contributed by atoms with Gasteiger partial charge in [0.2, 0.25) is 6.29 Å². The normalized spacial score (nSPS) is 13.4. The molecule has 0 radical (unpaired) electrons. The molecule has 1 N–H and O–H groups in total. The summed E-state index contributed by atoms with van der Waals surface area (Å²) in [6.07, 6.45) is 2.73.